The third-order valence-electron chi connectivity index (χ3n) is 4.76. The third-order valence-corrected chi connectivity index (χ3v) is 4.76. The molecular formula is C20H33F2N5O3. The van der Waals surface area contributed by atoms with E-state index in [1.807, 2.05) is 13.8 Å². The lowest BCUT2D eigenvalue weighted by atomic mass is 9.94. The van der Waals surface area contributed by atoms with Gasteiger partial charge in [-0.2, -0.15) is 0 Å². The number of aryl methyl sites for hydroxylation is 1. The number of carbonyl (C=O) groups excluding carboxylic acids is 1. The number of esters is 1. The Kier molecular flexibility index (Phi) is 9.60. The van der Waals surface area contributed by atoms with Crippen LogP contribution >= 0.6 is 0 Å². The van der Waals surface area contributed by atoms with Crippen LogP contribution in [0.25, 0.3) is 5.70 Å². The zero-order chi connectivity index (χ0) is 23.1. The van der Waals surface area contributed by atoms with Gasteiger partial charge >= 0.3 is 5.97 Å². The van der Waals surface area contributed by atoms with Gasteiger partial charge < -0.3 is 20.6 Å². The van der Waals surface area contributed by atoms with Gasteiger partial charge in [-0.1, -0.05) is 19.9 Å². The summed E-state index contributed by atoms with van der Waals surface area (Å²) in [5.74, 6) is 1.18. The molecule has 1 aromatic heterocycles. The lowest BCUT2D eigenvalue weighted by molar-refractivity contribution is -0.157. The average molecular weight is 430 g/mol. The van der Waals surface area contributed by atoms with Crippen LogP contribution in [0.1, 0.15) is 37.2 Å². The summed E-state index contributed by atoms with van der Waals surface area (Å²) < 4.78 is 32.7. The number of ether oxygens (including phenoxy) is 1. The van der Waals surface area contributed by atoms with Crippen LogP contribution in [0, 0.1) is 12.8 Å². The maximum absolute atomic E-state index is 14.1. The largest absolute Gasteiger partial charge is 0.469 e. The van der Waals surface area contributed by atoms with Gasteiger partial charge in [-0.3, -0.25) is 14.7 Å². The standard InChI is InChI=1S/C18H27F2N5O3.C2H6/c1-11-12(4-5-14(23-11)16(21)15(9-26)24(2)22)7-25-8-13(17(27)28-3)6-18(19,20)10-25;1-2/h4-5,13,26H,6-10,21-22H2,1-3H3;1-2H3/b16-15-;. The van der Waals surface area contributed by atoms with Crippen LogP contribution in [-0.4, -0.2) is 65.7 Å². The molecule has 0 spiro atoms. The van der Waals surface area contributed by atoms with Gasteiger partial charge in [0, 0.05) is 32.3 Å². The normalized spacial score (nSPS) is 19.3. The number of likely N-dealkylation sites (N-methyl/N-ethyl adjacent to an activating group) is 1. The van der Waals surface area contributed by atoms with Crippen molar-refractivity contribution in [1.29, 1.82) is 0 Å². The maximum Gasteiger partial charge on any atom is 0.310 e. The molecule has 1 aliphatic heterocycles. The Morgan fingerprint density at radius 3 is 2.57 bits per heavy atom. The molecule has 0 aromatic carbocycles. The van der Waals surface area contributed by atoms with Crippen LogP contribution in [0.4, 0.5) is 8.78 Å². The first-order valence-corrected chi connectivity index (χ1v) is 9.80. The molecule has 1 aliphatic rings. The summed E-state index contributed by atoms with van der Waals surface area (Å²) >= 11 is 0. The molecule has 1 aromatic rings. The first kappa shape index (κ1) is 25.7. The van der Waals surface area contributed by atoms with Gasteiger partial charge in [-0.15, -0.1) is 0 Å². The monoisotopic (exact) mass is 429 g/mol. The van der Waals surface area contributed by atoms with Crippen molar-refractivity contribution in [3.63, 3.8) is 0 Å². The molecule has 30 heavy (non-hydrogen) atoms. The number of aliphatic hydroxyl groups is 1. The number of piperidine rings is 1. The highest BCUT2D eigenvalue weighted by Crippen LogP contribution is 2.32. The molecule has 170 valence electrons. The van der Waals surface area contributed by atoms with Crippen LogP contribution < -0.4 is 11.6 Å². The molecule has 5 N–H and O–H groups in total. The predicted molar refractivity (Wildman–Crippen MR) is 111 cm³/mol. The van der Waals surface area contributed by atoms with Crippen LogP contribution in [-0.2, 0) is 16.1 Å². The molecular weight excluding hydrogens is 396 g/mol. The molecule has 0 radical (unpaired) electrons. The SMILES string of the molecule is CC.COC(=O)C1CN(Cc2ccc(/C(N)=C(\CO)N(C)N)nc2C)CC(F)(F)C1. The first-order chi connectivity index (χ1) is 14.1. The number of methoxy groups -OCH3 is 1. The molecule has 2 rings (SSSR count). The van der Waals surface area contributed by atoms with Crippen molar-refractivity contribution >= 4 is 11.7 Å². The van der Waals surface area contributed by atoms with Crippen LogP contribution in [0.2, 0.25) is 0 Å². The number of nitrogens with two attached hydrogens (primary N) is 2. The van der Waals surface area contributed by atoms with Crippen LogP contribution in [0.15, 0.2) is 17.8 Å². The molecule has 0 amide bonds. The van der Waals surface area contributed by atoms with Crippen molar-refractivity contribution in [1.82, 2.24) is 14.9 Å². The summed E-state index contributed by atoms with van der Waals surface area (Å²) in [5, 5.41) is 10.6. The zero-order valence-electron chi connectivity index (χ0n) is 18.3. The molecule has 8 nitrogen and oxygen atoms in total. The molecule has 2 heterocycles. The third kappa shape index (κ3) is 6.61. The Labute approximate surface area is 176 Å². The van der Waals surface area contributed by atoms with Gasteiger partial charge in [0.1, 0.15) is 0 Å². The van der Waals surface area contributed by atoms with E-state index in [-0.39, 0.29) is 25.4 Å². The zero-order valence-corrected chi connectivity index (χ0v) is 18.3. The second-order valence-electron chi connectivity index (χ2n) is 7.02. The predicted octanol–water partition coefficient (Wildman–Crippen LogP) is 1.47. The minimum absolute atomic E-state index is 0.193. The molecule has 0 saturated carbocycles. The number of halogens is 2. The summed E-state index contributed by atoms with van der Waals surface area (Å²) in [7, 11) is 2.75. The fourth-order valence-corrected chi connectivity index (χ4v) is 3.32. The lowest BCUT2D eigenvalue weighted by Gasteiger charge is -2.36. The Bertz CT molecular complexity index is 756. The Balaban J connectivity index is 0.00000218. The number of hydrogen-bond acceptors (Lipinski definition) is 8. The number of carbonyl (C=O) groups is 1. The quantitative estimate of drug-likeness (QED) is 0.354. The van der Waals surface area contributed by atoms with Crippen molar-refractivity contribution in [2.45, 2.75) is 39.7 Å². The van der Waals surface area contributed by atoms with Crippen molar-refractivity contribution in [3.05, 3.63) is 34.8 Å². The van der Waals surface area contributed by atoms with Gasteiger partial charge in [0.05, 0.1) is 43.3 Å². The summed E-state index contributed by atoms with van der Waals surface area (Å²) in [6.45, 7) is 5.37. The maximum atomic E-state index is 14.1. The number of rotatable bonds is 6. The van der Waals surface area contributed by atoms with E-state index in [1.54, 1.807) is 26.1 Å². The van der Waals surface area contributed by atoms with E-state index in [0.29, 0.717) is 17.1 Å². The van der Waals surface area contributed by atoms with E-state index < -0.39 is 30.8 Å². The summed E-state index contributed by atoms with van der Waals surface area (Å²) in [5.41, 5.74) is 8.36. The average Bonchev–Trinajstić information content (AvgIpc) is 2.69. The van der Waals surface area contributed by atoms with E-state index >= 15 is 0 Å². The van der Waals surface area contributed by atoms with Gasteiger partial charge in [-0.05, 0) is 18.6 Å². The van der Waals surface area contributed by atoms with Crippen LogP contribution in [0.3, 0.4) is 0 Å². The molecule has 1 unspecified atom stereocenters. The number of hydrazine groups is 1. The van der Waals surface area contributed by atoms with Gasteiger partial charge in [-0.25, -0.2) is 14.6 Å². The summed E-state index contributed by atoms with van der Waals surface area (Å²) in [6, 6.07) is 3.40. The van der Waals surface area contributed by atoms with Crippen LogP contribution in [0.5, 0.6) is 0 Å². The van der Waals surface area contributed by atoms with E-state index in [4.69, 9.17) is 11.6 Å². The summed E-state index contributed by atoms with van der Waals surface area (Å²) in [4.78, 5) is 17.7. The number of pyridine rings is 1. The Morgan fingerprint density at radius 1 is 1.43 bits per heavy atom. The van der Waals surface area contributed by atoms with Gasteiger partial charge in [0.15, 0.2) is 0 Å². The molecule has 0 bridgehead atoms. The number of hydrogen-bond donors (Lipinski definition) is 3. The van der Waals surface area contributed by atoms with E-state index in [1.165, 1.54) is 17.0 Å². The number of aliphatic hydroxyl groups excluding tert-OH is 1. The first-order valence-electron chi connectivity index (χ1n) is 9.80. The van der Waals surface area contributed by atoms with E-state index in [2.05, 4.69) is 9.72 Å². The van der Waals surface area contributed by atoms with Gasteiger partial charge in [0.2, 0.25) is 0 Å². The van der Waals surface area contributed by atoms with Crippen molar-refractivity contribution in [3.8, 4) is 0 Å². The van der Waals surface area contributed by atoms with Crippen molar-refractivity contribution in [2.24, 2.45) is 17.5 Å². The number of alkyl halides is 2. The second-order valence-corrected chi connectivity index (χ2v) is 7.02. The van der Waals surface area contributed by atoms with E-state index in [9.17, 15) is 18.7 Å². The second kappa shape index (κ2) is 11.2. The molecule has 0 aliphatic carbocycles. The number of aromatic nitrogens is 1. The van der Waals surface area contributed by atoms with Gasteiger partial charge in [0.25, 0.3) is 5.92 Å². The summed E-state index contributed by atoms with van der Waals surface area (Å²) in [6.07, 6.45) is -0.510. The number of nitrogens with zero attached hydrogens (tertiary/aromatic N) is 3. The molecule has 10 heteroatoms. The number of likely N-dealkylation sites (tertiary alicyclic amines) is 1. The molecule has 1 atom stereocenters. The highest BCUT2D eigenvalue weighted by molar-refractivity contribution is 5.72. The molecule has 1 fully saturated rings. The lowest BCUT2D eigenvalue weighted by Crippen LogP contribution is -2.49. The van der Waals surface area contributed by atoms with E-state index in [0.717, 1.165) is 5.56 Å². The Morgan fingerprint density at radius 2 is 2.07 bits per heavy atom. The van der Waals surface area contributed by atoms with Crippen molar-refractivity contribution in [2.75, 3.05) is 33.9 Å². The highest BCUT2D eigenvalue weighted by Gasteiger charge is 2.43. The topological polar surface area (TPSA) is 118 Å². The minimum Gasteiger partial charge on any atom is -0.469 e. The smallest absolute Gasteiger partial charge is 0.310 e. The fourth-order valence-electron chi connectivity index (χ4n) is 3.32. The fraction of sp³-hybridized carbons (Fsp3) is 0.600. The minimum atomic E-state index is -2.96. The molecule has 1 saturated heterocycles. The Hall–Kier alpha value is -2.30. The van der Waals surface area contributed by atoms with Crippen molar-refractivity contribution < 1.29 is 23.4 Å². The highest BCUT2D eigenvalue weighted by atomic mass is 19.3.